The van der Waals surface area contributed by atoms with Crippen LogP contribution in [0.1, 0.15) is 12.8 Å². The zero-order valence-electron chi connectivity index (χ0n) is 25.9. The molecule has 0 bridgehead atoms. The van der Waals surface area contributed by atoms with E-state index in [0.29, 0.717) is 13.2 Å². The molecule has 6 N–H and O–H groups in total. The quantitative estimate of drug-likeness (QED) is 0.0424. The predicted molar refractivity (Wildman–Crippen MR) is 183 cm³/mol. The Hall–Kier alpha value is -5.68. The molecule has 234 valence electrons. The number of benzene rings is 4. The molecule has 0 unspecified atom stereocenters. The fourth-order valence-electron chi connectivity index (χ4n) is 5.20. The summed E-state index contributed by atoms with van der Waals surface area (Å²) in [6.07, 6.45) is 1.86. The van der Waals surface area contributed by atoms with Gasteiger partial charge in [0, 0.05) is 48.5 Å². The summed E-state index contributed by atoms with van der Waals surface area (Å²) < 4.78 is 14.6. The summed E-state index contributed by atoms with van der Waals surface area (Å²) in [7, 11) is 2.13. The van der Waals surface area contributed by atoms with Gasteiger partial charge in [0.1, 0.15) is 23.1 Å². The Morgan fingerprint density at radius 2 is 1.07 bits per heavy atom. The largest absolute Gasteiger partial charge is 0.494 e. The van der Waals surface area contributed by atoms with Gasteiger partial charge in [-0.3, -0.25) is 0 Å². The Balaban J connectivity index is 0.888. The van der Waals surface area contributed by atoms with Crippen LogP contribution in [0.5, 0.6) is 11.5 Å². The molecule has 0 aliphatic heterocycles. The summed E-state index contributed by atoms with van der Waals surface area (Å²) in [6.45, 7) is 10.6. The van der Waals surface area contributed by atoms with Crippen LogP contribution in [0.15, 0.2) is 84.9 Å². The van der Waals surface area contributed by atoms with Crippen LogP contribution < -0.4 is 21.2 Å². The number of fused-ring (bicyclic) bond motifs is 2. The first-order valence-corrected chi connectivity index (χ1v) is 15.2. The molecular weight excluding hydrogens is 578 g/mol. The number of imidazole rings is 2. The third-order valence-corrected chi connectivity index (χ3v) is 7.76. The summed E-state index contributed by atoms with van der Waals surface area (Å²) in [4.78, 5) is 18.4. The molecule has 0 saturated heterocycles. The number of hydrazone groups is 2. The van der Waals surface area contributed by atoms with E-state index in [1.54, 1.807) is 0 Å². The molecule has 11 nitrogen and oxygen atoms in total. The molecule has 0 aliphatic carbocycles. The Morgan fingerprint density at radius 1 is 0.652 bits per heavy atom. The Labute approximate surface area is 267 Å². The Kier molecular flexibility index (Phi) is 8.93. The van der Waals surface area contributed by atoms with Gasteiger partial charge in [0.2, 0.25) is 11.4 Å². The predicted octanol–water partition coefficient (Wildman–Crippen LogP) is 5.38. The third-order valence-electron chi connectivity index (χ3n) is 7.76. The number of hydrogen-bond donors (Lipinski definition) is 4. The minimum absolute atomic E-state index is 0.647. The lowest BCUT2D eigenvalue weighted by Gasteiger charge is -2.17. The van der Waals surface area contributed by atoms with Crippen LogP contribution in [0.2, 0.25) is 0 Å². The summed E-state index contributed by atoms with van der Waals surface area (Å²) in [5.74, 6) is 14.8. The maximum absolute atomic E-state index is 5.98. The van der Waals surface area contributed by atoms with Gasteiger partial charge in [0.25, 0.3) is 0 Å². The summed E-state index contributed by atoms with van der Waals surface area (Å²) in [5, 5.41) is 0. The van der Waals surface area contributed by atoms with E-state index in [0.717, 1.165) is 93.6 Å². The van der Waals surface area contributed by atoms with Gasteiger partial charge in [-0.05, 0) is 80.6 Å². The lowest BCUT2D eigenvalue weighted by molar-refractivity contribution is -0.442. The minimum atomic E-state index is 0.647. The van der Waals surface area contributed by atoms with Crippen molar-refractivity contribution in [3.63, 3.8) is 0 Å². The van der Waals surface area contributed by atoms with Gasteiger partial charge in [0.15, 0.2) is 13.4 Å². The van der Waals surface area contributed by atoms with Crippen LogP contribution in [0.4, 0.5) is 11.4 Å². The van der Waals surface area contributed by atoms with E-state index in [-0.39, 0.29) is 0 Å². The second-order valence-electron chi connectivity index (χ2n) is 11.3. The molecule has 2 aromatic heterocycles. The first-order valence-electron chi connectivity index (χ1n) is 15.2. The number of aromatic nitrogens is 4. The highest BCUT2D eigenvalue weighted by atomic mass is 16.5. The molecule has 6 rings (SSSR count). The number of aromatic amines is 2. The normalized spacial score (nSPS) is 11.3. The van der Waals surface area contributed by atoms with Crippen molar-refractivity contribution in [3.8, 4) is 34.3 Å². The molecule has 0 aliphatic rings. The zero-order valence-corrected chi connectivity index (χ0v) is 25.9. The van der Waals surface area contributed by atoms with E-state index in [4.69, 9.17) is 21.2 Å². The molecule has 2 heterocycles. The first kappa shape index (κ1) is 30.4. The zero-order chi connectivity index (χ0) is 32.0. The summed E-state index contributed by atoms with van der Waals surface area (Å²) in [6, 6.07) is 27.5. The minimum Gasteiger partial charge on any atom is -0.494 e. The van der Waals surface area contributed by atoms with Crippen LogP contribution in [0, 0.1) is 0 Å². The van der Waals surface area contributed by atoms with Crippen molar-refractivity contribution in [1.82, 2.24) is 24.8 Å². The molecule has 11 heteroatoms. The van der Waals surface area contributed by atoms with E-state index in [1.165, 1.54) is 9.37 Å². The molecule has 6 aromatic rings. The number of ether oxygens (including phenoxy) is 2. The average Bonchev–Trinajstić information content (AvgIpc) is 3.69. The second-order valence-corrected chi connectivity index (χ2v) is 11.3. The van der Waals surface area contributed by atoms with Gasteiger partial charge in [-0.1, -0.05) is 9.37 Å². The lowest BCUT2D eigenvalue weighted by Crippen LogP contribution is -2.23. The third kappa shape index (κ3) is 7.16. The molecule has 0 fully saturated rings. The topological polar surface area (TPSA) is 137 Å². The lowest BCUT2D eigenvalue weighted by atomic mass is 10.2. The van der Waals surface area contributed by atoms with Gasteiger partial charge < -0.3 is 24.3 Å². The van der Waals surface area contributed by atoms with E-state index in [1.807, 2.05) is 84.9 Å². The number of H-pyrrole nitrogens is 2. The molecule has 0 atom stereocenters. The van der Waals surface area contributed by atoms with Crippen LogP contribution in [-0.2, 0) is 0 Å². The standard InChI is InChI=1S/C35H39N9O2/c1-42(18-4-20-45-28-12-6-24(7-13-28)34-38-30-16-10-26(43(2)36)22-32(30)40-34)19-5-21-46-29-14-8-25(9-15-29)35-39-31-17-11-27(44(3)37)23-33(31)41-35/h6-17,22-23H,2-5,18-21,36-37H2,1H3,(H,38,40)(H,39,41)/q+2. The smallest absolute Gasteiger partial charge is 0.236 e. The molecule has 0 radical (unpaired) electrons. The van der Waals surface area contributed by atoms with Crippen molar-refractivity contribution >= 4 is 46.9 Å². The van der Waals surface area contributed by atoms with Gasteiger partial charge in [-0.2, -0.15) is 0 Å². The number of nitrogens with zero attached hydrogens (tertiary/aromatic N) is 5. The summed E-state index contributed by atoms with van der Waals surface area (Å²) >= 11 is 0. The van der Waals surface area contributed by atoms with Crippen LogP contribution in [-0.4, -0.2) is 81.0 Å². The number of nitrogens with one attached hydrogen (secondary N) is 2. The Morgan fingerprint density at radius 3 is 1.46 bits per heavy atom. The molecule has 0 amide bonds. The SMILES string of the molecule is C=[N+](N)c1ccc2nc(-c3ccc(OCCCN(C)CCCOc4ccc(-c5nc6ccc([N+](=C)N)cc6[nH]5)cc4)cc3)[nH]c2c1. The van der Waals surface area contributed by atoms with Crippen molar-refractivity contribution in [1.29, 1.82) is 0 Å². The highest BCUT2D eigenvalue weighted by molar-refractivity contribution is 5.82. The van der Waals surface area contributed by atoms with Gasteiger partial charge >= 0.3 is 0 Å². The van der Waals surface area contributed by atoms with Crippen molar-refractivity contribution in [2.24, 2.45) is 11.7 Å². The first-order chi connectivity index (χ1) is 22.3. The van der Waals surface area contributed by atoms with Crippen LogP contribution >= 0.6 is 0 Å². The molecular formula is C35H39N9O2+2. The summed E-state index contributed by atoms with van der Waals surface area (Å²) in [5.41, 5.74) is 7.16. The second kappa shape index (κ2) is 13.5. The Bertz CT molecular complexity index is 1830. The van der Waals surface area contributed by atoms with Crippen molar-refractivity contribution in [2.45, 2.75) is 12.8 Å². The molecule has 4 aromatic carbocycles. The van der Waals surface area contributed by atoms with E-state index < -0.39 is 0 Å². The molecule has 0 spiro atoms. The number of hydrazine groups is 2. The fourth-order valence-corrected chi connectivity index (χ4v) is 5.20. The van der Waals surface area contributed by atoms with E-state index >= 15 is 0 Å². The van der Waals surface area contributed by atoms with Crippen LogP contribution in [0.25, 0.3) is 44.8 Å². The van der Waals surface area contributed by atoms with Crippen molar-refractivity contribution in [3.05, 3.63) is 84.9 Å². The number of nitrogens with two attached hydrogens (primary N) is 2. The average molecular weight is 618 g/mol. The van der Waals surface area contributed by atoms with E-state index in [2.05, 4.69) is 45.3 Å². The van der Waals surface area contributed by atoms with Gasteiger partial charge in [-0.25, -0.2) is 21.7 Å². The van der Waals surface area contributed by atoms with Gasteiger partial charge in [-0.15, -0.1) is 0 Å². The van der Waals surface area contributed by atoms with Crippen LogP contribution in [0.3, 0.4) is 0 Å². The highest BCUT2D eigenvalue weighted by Gasteiger charge is 2.11. The molecule has 46 heavy (non-hydrogen) atoms. The maximum atomic E-state index is 5.98. The number of rotatable bonds is 14. The monoisotopic (exact) mass is 617 g/mol. The van der Waals surface area contributed by atoms with Crippen molar-refractivity contribution in [2.75, 3.05) is 33.4 Å². The highest BCUT2D eigenvalue weighted by Crippen LogP contribution is 2.26. The van der Waals surface area contributed by atoms with E-state index in [9.17, 15) is 0 Å². The number of hydrogen-bond acceptors (Lipinski definition) is 7. The maximum Gasteiger partial charge on any atom is 0.236 e. The molecule has 0 saturated carbocycles. The van der Waals surface area contributed by atoms with Gasteiger partial charge in [0.05, 0.1) is 35.3 Å². The van der Waals surface area contributed by atoms with Crippen molar-refractivity contribution < 1.29 is 18.8 Å². The fraction of sp³-hybridized carbons (Fsp3) is 0.200.